The third kappa shape index (κ3) is 3.42. The standard InChI is InChI=1S/C25H36O7/c1-14(26)31-13-21(29)25(30)10-8-19-18-6-5-16-11-17(32-15(2)27)7-9-23(16,3)22(18)20(28)12-24(19,25)4/h16-19,22,30H,5-13H2,1-4H3/t16-,17+,18-,19-,22+,23-,24-,25-/m0/s1. The van der Waals surface area contributed by atoms with Gasteiger partial charge in [-0.1, -0.05) is 13.8 Å². The third-order valence-electron chi connectivity index (χ3n) is 9.66. The van der Waals surface area contributed by atoms with Crippen LogP contribution in [-0.4, -0.2) is 46.9 Å². The molecule has 0 radical (unpaired) electrons. The van der Waals surface area contributed by atoms with Gasteiger partial charge in [-0.2, -0.15) is 0 Å². The van der Waals surface area contributed by atoms with Crippen LogP contribution < -0.4 is 0 Å². The molecule has 4 aliphatic carbocycles. The smallest absolute Gasteiger partial charge is 0.303 e. The van der Waals surface area contributed by atoms with Gasteiger partial charge in [0.15, 0.2) is 6.61 Å². The van der Waals surface area contributed by atoms with Crippen LogP contribution in [0.4, 0.5) is 0 Å². The summed E-state index contributed by atoms with van der Waals surface area (Å²) in [5, 5.41) is 11.5. The van der Waals surface area contributed by atoms with E-state index in [2.05, 4.69) is 6.92 Å². The maximum atomic E-state index is 13.7. The van der Waals surface area contributed by atoms with Crippen LogP contribution in [0.25, 0.3) is 0 Å². The van der Waals surface area contributed by atoms with Crippen LogP contribution in [0, 0.1) is 34.5 Å². The highest BCUT2D eigenvalue weighted by molar-refractivity contribution is 5.93. The molecule has 8 atom stereocenters. The van der Waals surface area contributed by atoms with E-state index in [4.69, 9.17) is 9.47 Å². The highest BCUT2D eigenvalue weighted by Gasteiger charge is 2.69. The summed E-state index contributed by atoms with van der Waals surface area (Å²) in [6, 6.07) is 0. The summed E-state index contributed by atoms with van der Waals surface area (Å²) in [5.74, 6) is -0.677. The van der Waals surface area contributed by atoms with Crippen LogP contribution in [0.15, 0.2) is 0 Å². The molecule has 0 aromatic carbocycles. The maximum absolute atomic E-state index is 13.7. The number of Topliss-reactive ketones (excluding diaryl/α,β-unsaturated/α-hetero) is 2. The molecule has 32 heavy (non-hydrogen) atoms. The highest BCUT2D eigenvalue weighted by Crippen LogP contribution is 2.67. The summed E-state index contributed by atoms with van der Waals surface area (Å²) in [4.78, 5) is 49.2. The van der Waals surface area contributed by atoms with Crippen molar-refractivity contribution in [1.29, 1.82) is 0 Å². The average Bonchev–Trinajstić information content (AvgIpc) is 2.97. The number of carbonyl (C=O) groups excluding carboxylic acids is 4. The normalized spacial score (nSPS) is 45.3. The maximum Gasteiger partial charge on any atom is 0.303 e. The monoisotopic (exact) mass is 448 g/mol. The molecular formula is C25H36O7. The molecule has 4 saturated carbocycles. The number of ketones is 2. The molecule has 0 bridgehead atoms. The second kappa shape index (κ2) is 7.93. The lowest BCUT2D eigenvalue weighted by Crippen LogP contribution is -2.62. The lowest BCUT2D eigenvalue weighted by atomic mass is 9.44. The third-order valence-corrected chi connectivity index (χ3v) is 9.66. The van der Waals surface area contributed by atoms with E-state index in [1.807, 2.05) is 6.92 Å². The predicted octanol–water partition coefficient (Wildman–Crippen LogP) is 3.00. The number of hydrogen-bond donors (Lipinski definition) is 1. The van der Waals surface area contributed by atoms with Crippen molar-refractivity contribution in [2.45, 2.75) is 90.8 Å². The van der Waals surface area contributed by atoms with E-state index >= 15 is 0 Å². The number of rotatable bonds is 4. The van der Waals surface area contributed by atoms with E-state index < -0.39 is 29.4 Å². The Hall–Kier alpha value is -1.76. The predicted molar refractivity (Wildman–Crippen MR) is 114 cm³/mol. The van der Waals surface area contributed by atoms with E-state index in [1.165, 1.54) is 13.8 Å². The van der Waals surface area contributed by atoms with Gasteiger partial charge in [-0.3, -0.25) is 19.2 Å². The number of hydrogen-bond acceptors (Lipinski definition) is 7. The van der Waals surface area contributed by atoms with E-state index in [0.29, 0.717) is 18.8 Å². The molecule has 4 aliphatic rings. The Kier molecular flexibility index (Phi) is 5.80. The molecule has 7 nitrogen and oxygen atoms in total. The average molecular weight is 449 g/mol. The number of fused-ring (bicyclic) bond motifs is 5. The molecule has 0 unspecified atom stereocenters. The number of aliphatic hydroxyl groups is 1. The minimum Gasteiger partial charge on any atom is -0.463 e. The van der Waals surface area contributed by atoms with Gasteiger partial charge in [-0.05, 0) is 68.1 Å². The zero-order chi connectivity index (χ0) is 23.5. The molecule has 4 fully saturated rings. The van der Waals surface area contributed by atoms with Crippen LogP contribution in [0.3, 0.4) is 0 Å². The van der Waals surface area contributed by atoms with E-state index in [0.717, 1.165) is 32.1 Å². The van der Waals surface area contributed by atoms with Gasteiger partial charge in [0.2, 0.25) is 5.78 Å². The first kappa shape index (κ1) is 23.4. The molecule has 0 heterocycles. The van der Waals surface area contributed by atoms with Crippen LogP contribution in [0.1, 0.15) is 79.1 Å². The Labute approximate surface area is 189 Å². The van der Waals surface area contributed by atoms with E-state index in [-0.39, 0.29) is 47.4 Å². The molecule has 0 amide bonds. The molecule has 0 aromatic rings. The largest absolute Gasteiger partial charge is 0.463 e. The highest BCUT2D eigenvalue weighted by atomic mass is 16.5. The molecular weight excluding hydrogens is 412 g/mol. The topological polar surface area (TPSA) is 107 Å². The van der Waals surface area contributed by atoms with Crippen molar-refractivity contribution in [1.82, 2.24) is 0 Å². The van der Waals surface area contributed by atoms with Gasteiger partial charge in [0.1, 0.15) is 17.5 Å². The fourth-order valence-electron chi connectivity index (χ4n) is 8.12. The lowest BCUT2D eigenvalue weighted by molar-refractivity contribution is -0.183. The fourth-order valence-corrected chi connectivity index (χ4v) is 8.12. The number of esters is 2. The van der Waals surface area contributed by atoms with Crippen LogP contribution in [0.2, 0.25) is 0 Å². The second-order valence-corrected chi connectivity index (χ2v) is 11.2. The van der Waals surface area contributed by atoms with Gasteiger partial charge < -0.3 is 14.6 Å². The van der Waals surface area contributed by atoms with Gasteiger partial charge >= 0.3 is 11.9 Å². The number of ether oxygens (including phenoxy) is 2. The summed E-state index contributed by atoms with van der Waals surface area (Å²) in [6.07, 6.45) is 5.39. The van der Waals surface area contributed by atoms with Crippen molar-refractivity contribution in [3.63, 3.8) is 0 Å². The minimum atomic E-state index is -1.64. The summed E-state index contributed by atoms with van der Waals surface area (Å²) in [6.45, 7) is 6.34. The first-order valence-electron chi connectivity index (χ1n) is 12.0. The Morgan fingerprint density at radius 3 is 2.41 bits per heavy atom. The van der Waals surface area contributed by atoms with Crippen LogP contribution in [0.5, 0.6) is 0 Å². The summed E-state index contributed by atoms with van der Waals surface area (Å²) >= 11 is 0. The quantitative estimate of drug-likeness (QED) is 0.659. The van der Waals surface area contributed by atoms with Crippen molar-refractivity contribution in [2.75, 3.05) is 6.61 Å². The van der Waals surface area contributed by atoms with Gasteiger partial charge in [-0.25, -0.2) is 0 Å². The molecule has 1 N–H and O–H groups in total. The van der Waals surface area contributed by atoms with Crippen molar-refractivity contribution in [3.05, 3.63) is 0 Å². The van der Waals surface area contributed by atoms with Gasteiger partial charge in [0.05, 0.1) is 0 Å². The summed E-state index contributed by atoms with van der Waals surface area (Å²) in [5.41, 5.74) is -2.61. The van der Waals surface area contributed by atoms with Crippen LogP contribution >= 0.6 is 0 Å². The van der Waals surface area contributed by atoms with Gasteiger partial charge in [-0.15, -0.1) is 0 Å². The van der Waals surface area contributed by atoms with Gasteiger partial charge in [0.25, 0.3) is 0 Å². The second-order valence-electron chi connectivity index (χ2n) is 11.2. The minimum absolute atomic E-state index is 0.0680. The van der Waals surface area contributed by atoms with Crippen molar-refractivity contribution < 1.29 is 33.8 Å². The Bertz CT molecular complexity index is 836. The molecule has 7 heteroatoms. The molecule has 0 aliphatic heterocycles. The molecule has 4 rings (SSSR count). The SMILES string of the molecule is CC(=O)OCC(=O)[C@@]1(O)CC[C@H]2[C@@H]3CC[C@H]4C[C@H](OC(C)=O)CC[C@]4(C)[C@H]3C(=O)C[C@@]21C. The zero-order valence-corrected chi connectivity index (χ0v) is 19.6. The first-order valence-corrected chi connectivity index (χ1v) is 12.0. The van der Waals surface area contributed by atoms with Gasteiger partial charge in [0, 0.05) is 31.6 Å². The lowest BCUT2D eigenvalue weighted by Gasteiger charge is -2.60. The Balaban J connectivity index is 1.57. The van der Waals surface area contributed by atoms with Crippen molar-refractivity contribution in [2.24, 2.45) is 34.5 Å². The van der Waals surface area contributed by atoms with Crippen molar-refractivity contribution >= 4 is 23.5 Å². The number of carbonyl (C=O) groups is 4. The van der Waals surface area contributed by atoms with Crippen molar-refractivity contribution in [3.8, 4) is 0 Å². The van der Waals surface area contributed by atoms with E-state index in [9.17, 15) is 24.3 Å². The zero-order valence-electron chi connectivity index (χ0n) is 19.6. The molecule has 0 saturated heterocycles. The summed E-state index contributed by atoms with van der Waals surface area (Å²) < 4.78 is 10.4. The Morgan fingerprint density at radius 1 is 1.03 bits per heavy atom. The molecule has 178 valence electrons. The Morgan fingerprint density at radius 2 is 1.75 bits per heavy atom. The molecule has 0 spiro atoms. The summed E-state index contributed by atoms with van der Waals surface area (Å²) in [7, 11) is 0. The fraction of sp³-hybridized carbons (Fsp3) is 0.840. The first-order chi connectivity index (χ1) is 14.9. The molecule has 0 aromatic heterocycles. The van der Waals surface area contributed by atoms with E-state index in [1.54, 1.807) is 0 Å². The van der Waals surface area contributed by atoms with Crippen LogP contribution in [-0.2, 0) is 28.7 Å².